The molecule has 0 radical (unpaired) electrons. The normalized spacial score (nSPS) is 10.8. The Morgan fingerprint density at radius 1 is 1.54 bits per heavy atom. The van der Waals surface area contributed by atoms with Gasteiger partial charge >= 0.3 is 0 Å². The number of rotatable bonds is 3. The molecule has 13 heavy (non-hydrogen) atoms. The van der Waals surface area contributed by atoms with Crippen LogP contribution in [0.25, 0.3) is 0 Å². The van der Waals surface area contributed by atoms with Gasteiger partial charge in [-0.05, 0) is 43.8 Å². The maximum absolute atomic E-state index is 11.6. The zero-order chi connectivity index (χ0) is 10.0. The van der Waals surface area contributed by atoms with Crippen LogP contribution in [0.3, 0.4) is 0 Å². The van der Waals surface area contributed by atoms with Gasteiger partial charge in [0, 0.05) is 12.0 Å². The Morgan fingerprint density at radius 2 is 2.15 bits per heavy atom. The minimum absolute atomic E-state index is 0.212. The van der Waals surface area contributed by atoms with Crippen molar-refractivity contribution in [2.75, 3.05) is 0 Å². The van der Waals surface area contributed by atoms with Crippen LogP contribution in [-0.4, -0.2) is 5.78 Å². The lowest BCUT2D eigenvalue weighted by atomic mass is 10.0. The summed E-state index contributed by atoms with van der Waals surface area (Å²) in [5, 5.41) is 0. The average molecular weight is 326 g/mol. The van der Waals surface area contributed by atoms with Gasteiger partial charge in [0.15, 0.2) is 5.78 Å². The lowest BCUT2D eigenvalue weighted by Gasteiger charge is -2.01. The summed E-state index contributed by atoms with van der Waals surface area (Å²) < 4.78 is 1.91. The first-order valence-electron chi connectivity index (χ1n) is 3.98. The first kappa shape index (κ1) is 11.4. The Balaban J connectivity index is 2.82. The quantitative estimate of drug-likeness (QED) is 0.748. The third-order valence-electron chi connectivity index (χ3n) is 1.55. The molecule has 0 unspecified atom stereocenters. The molecule has 0 spiro atoms. The first-order valence-corrected chi connectivity index (χ1v) is 6.39. The van der Waals surface area contributed by atoms with Crippen LogP contribution < -0.4 is 0 Å². The molecule has 0 bridgehead atoms. The highest BCUT2D eigenvalue weighted by Gasteiger charge is 2.14. The molecular formula is C9H10Br2OS. The molecule has 0 saturated carbocycles. The molecule has 1 aromatic heterocycles. The van der Waals surface area contributed by atoms with E-state index in [1.54, 1.807) is 0 Å². The number of hydrogen-bond donors (Lipinski definition) is 0. The molecule has 4 heteroatoms. The summed E-state index contributed by atoms with van der Waals surface area (Å²) in [4.78, 5) is 11.6. The minimum Gasteiger partial charge on any atom is -0.294 e. The van der Waals surface area contributed by atoms with Crippen molar-refractivity contribution in [1.29, 1.82) is 0 Å². The van der Waals surface area contributed by atoms with Crippen LogP contribution in [0.5, 0.6) is 0 Å². The summed E-state index contributed by atoms with van der Waals surface area (Å²) in [5.41, 5.74) is 0.797. The van der Waals surface area contributed by atoms with Crippen LogP contribution in [0.2, 0.25) is 0 Å². The van der Waals surface area contributed by atoms with Crippen LogP contribution >= 0.6 is 43.2 Å². The maximum Gasteiger partial charge on any atom is 0.165 e. The van der Waals surface area contributed by atoms with Crippen molar-refractivity contribution >= 4 is 49.0 Å². The number of ketones is 1. The standard InChI is InChI=1S/C9H10Br2OS/c1-5(2)3-7(12)6-4-8(10)13-9(6)11/h4-5H,3H2,1-2H3. The molecule has 0 aromatic carbocycles. The Bertz CT molecular complexity index is 317. The first-order chi connectivity index (χ1) is 6.00. The van der Waals surface area contributed by atoms with Gasteiger partial charge in [0.25, 0.3) is 0 Å². The SMILES string of the molecule is CC(C)CC(=O)c1cc(Br)sc1Br. The number of halogens is 2. The molecule has 1 aromatic rings. The van der Waals surface area contributed by atoms with E-state index in [0.717, 1.165) is 13.1 Å². The van der Waals surface area contributed by atoms with Crippen LogP contribution in [-0.2, 0) is 0 Å². The Kier molecular flexibility index (Phi) is 4.13. The molecule has 1 nitrogen and oxygen atoms in total. The van der Waals surface area contributed by atoms with Gasteiger partial charge in [-0.25, -0.2) is 0 Å². The molecule has 0 aliphatic carbocycles. The van der Waals surface area contributed by atoms with Crippen LogP contribution in [0.15, 0.2) is 13.6 Å². The molecule has 1 heterocycles. The van der Waals surface area contributed by atoms with Crippen molar-refractivity contribution in [3.05, 3.63) is 19.2 Å². The second-order valence-electron chi connectivity index (χ2n) is 3.26. The van der Waals surface area contributed by atoms with Crippen molar-refractivity contribution in [1.82, 2.24) is 0 Å². The largest absolute Gasteiger partial charge is 0.294 e. The second-order valence-corrected chi connectivity index (χ2v) is 7.01. The zero-order valence-electron chi connectivity index (χ0n) is 7.43. The van der Waals surface area contributed by atoms with Crippen LogP contribution in [0.1, 0.15) is 30.6 Å². The number of carbonyl (C=O) groups excluding carboxylic acids is 1. The number of Topliss-reactive ketones (excluding diaryl/α,β-unsaturated/α-hetero) is 1. The van der Waals surface area contributed by atoms with E-state index in [1.165, 1.54) is 11.3 Å². The Hall–Kier alpha value is 0.330. The lowest BCUT2D eigenvalue weighted by Crippen LogP contribution is -2.02. The highest BCUT2D eigenvalue weighted by Crippen LogP contribution is 2.32. The molecule has 0 saturated heterocycles. The van der Waals surface area contributed by atoms with E-state index >= 15 is 0 Å². The van der Waals surface area contributed by atoms with Gasteiger partial charge in [-0.15, -0.1) is 11.3 Å². The van der Waals surface area contributed by atoms with Crippen LogP contribution in [0, 0.1) is 5.92 Å². The van der Waals surface area contributed by atoms with E-state index in [2.05, 4.69) is 31.9 Å². The highest BCUT2D eigenvalue weighted by atomic mass is 79.9. The maximum atomic E-state index is 11.6. The van der Waals surface area contributed by atoms with Gasteiger partial charge < -0.3 is 0 Å². The fourth-order valence-corrected chi connectivity index (χ4v) is 3.87. The molecule has 0 aliphatic heterocycles. The molecule has 0 amide bonds. The van der Waals surface area contributed by atoms with Gasteiger partial charge in [0.05, 0.1) is 7.57 Å². The molecule has 0 N–H and O–H groups in total. The summed E-state index contributed by atoms with van der Waals surface area (Å²) in [7, 11) is 0. The van der Waals surface area contributed by atoms with Gasteiger partial charge in [-0.2, -0.15) is 0 Å². The number of hydrogen-bond acceptors (Lipinski definition) is 2. The Morgan fingerprint density at radius 3 is 2.54 bits per heavy atom. The number of carbonyl (C=O) groups is 1. The summed E-state index contributed by atoms with van der Waals surface area (Å²) in [5.74, 6) is 0.627. The summed E-state index contributed by atoms with van der Waals surface area (Å²) >= 11 is 8.27. The fraction of sp³-hybridized carbons (Fsp3) is 0.444. The van der Waals surface area contributed by atoms with E-state index in [1.807, 2.05) is 19.9 Å². The molecule has 72 valence electrons. The van der Waals surface area contributed by atoms with Crippen molar-refractivity contribution in [3.8, 4) is 0 Å². The van der Waals surface area contributed by atoms with Gasteiger partial charge in [-0.3, -0.25) is 4.79 Å². The molecule has 0 fully saturated rings. The summed E-state index contributed by atoms with van der Waals surface area (Å²) in [6, 6.07) is 1.87. The monoisotopic (exact) mass is 324 g/mol. The van der Waals surface area contributed by atoms with Crippen molar-refractivity contribution in [2.45, 2.75) is 20.3 Å². The molecule has 0 aliphatic rings. The van der Waals surface area contributed by atoms with Crippen molar-refractivity contribution < 1.29 is 4.79 Å². The smallest absolute Gasteiger partial charge is 0.165 e. The lowest BCUT2D eigenvalue weighted by molar-refractivity contribution is 0.0967. The third-order valence-corrected chi connectivity index (χ3v) is 3.89. The second kappa shape index (κ2) is 4.71. The molecule has 1 rings (SSSR count). The van der Waals surface area contributed by atoms with Crippen molar-refractivity contribution in [3.63, 3.8) is 0 Å². The van der Waals surface area contributed by atoms with Gasteiger partial charge in [0.1, 0.15) is 0 Å². The summed E-state index contributed by atoms with van der Waals surface area (Å²) in [6.07, 6.45) is 0.613. The molecular weight excluding hydrogens is 316 g/mol. The predicted molar refractivity (Wildman–Crippen MR) is 63.5 cm³/mol. The van der Waals surface area contributed by atoms with E-state index in [9.17, 15) is 4.79 Å². The number of thiophene rings is 1. The van der Waals surface area contributed by atoms with E-state index in [4.69, 9.17) is 0 Å². The predicted octanol–water partition coefficient (Wildman–Crippen LogP) is 4.50. The van der Waals surface area contributed by atoms with E-state index < -0.39 is 0 Å². The third kappa shape index (κ3) is 3.18. The zero-order valence-corrected chi connectivity index (χ0v) is 11.4. The van der Waals surface area contributed by atoms with Gasteiger partial charge in [-0.1, -0.05) is 13.8 Å². The Labute approximate surface area is 98.8 Å². The average Bonchev–Trinajstić information content (AvgIpc) is 2.28. The van der Waals surface area contributed by atoms with E-state index in [0.29, 0.717) is 12.3 Å². The minimum atomic E-state index is 0.212. The topological polar surface area (TPSA) is 17.1 Å². The van der Waals surface area contributed by atoms with Crippen LogP contribution in [0.4, 0.5) is 0 Å². The summed E-state index contributed by atoms with van der Waals surface area (Å²) in [6.45, 7) is 4.10. The van der Waals surface area contributed by atoms with E-state index in [-0.39, 0.29) is 5.78 Å². The van der Waals surface area contributed by atoms with Gasteiger partial charge in [0.2, 0.25) is 0 Å². The van der Waals surface area contributed by atoms with Crippen molar-refractivity contribution in [2.24, 2.45) is 5.92 Å². The molecule has 0 atom stereocenters. The fourth-order valence-electron chi connectivity index (χ4n) is 1.01. The highest BCUT2D eigenvalue weighted by molar-refractivity contribution is 9.12.